The lowest BCUT2D eigenvalue weighted by Gasteiger charge is -2.33. The highest BCUT2D eigenvalue weighted by atomic mass is 127. The van der Waals surface area contributed by atoms with Crippen molar-refractivity contribution < 1.29 is 4.79 Å². The molecule has 0 aromatic carbocycles. The minimum atomic E-state index is -0.00324. The average Bonchev–Trinajstić information content (AvgIpc) is 3.28. The first-order valence-corrected chi connectivity index (χ1v) is 8.09. The van der Waals surface area contributed by atoms with E-state index in [2.05, 4.69) is 25.8 Å². The number of rotatable bonds is 5. The van der Waals surface area contributed by atoms with E-state index in [1.165, 1.54) is 25.9 Å². The van der Waals surface area contributed by atoms with E-state index in [0.29, 0.717) is 6.04 Å². The molecule has 0 aromatic heterocycles. The zero-order valence-corrected chi connectivity index (χ0v) is 16.2. The number of amides is 1. The van der Waals surface area contributed by atoms with Crippen LogP contribution in [0.2, 0.25) is 0 Å². The molecular formula is C15H30IN5O. The lowest BCUT2D eigenvalue weighted by Crippen LogP contribution is -2.50. The minimum absolute atomic E-state index is 0. The number of hydrogen-bond donors (Lipinski definition) is 3. The largest absolute Gasteiger partial charge is 0.354 e. The third kappa shape index (κ3) is 6.68. The highest BCUT2D eigenvalue weighted by Crippen LogP contribution is 2.29. The predicted octanol–water partition coefficient (Wildman–Crippen LogP) is 0.921. The summed E-state index contributed by atoms with van der Waals surface area (Å²) in [5, 5.41) is 9.37. The first kappa shape index (κ1) is 19.5. The van der Waals surface area contributed by atoms with E-state index in [9.17, 15) is 4.79 Å². The van der Waals surface area contributed by atoms with Gasteiger partial charge in [-0.3, -0.25) is 9.79 Å². The van der Waals surface area contributed by atoms with Crippen molar-refractivity contribution in [1.29, 1.82) is 0 Å². The van der Waals surface area contributed by atoms with Crippen molar-refractivity contribution in [1.82, 2.24) is 20.9 Å². The molecule has 1 saturated carbocycles. The first-order valence-electron chi connectivity index (χ1n) is 8.09. The summed E-state index contributed by atoms with van der Waals surface area (Å²) >= 11 is 0. The first-order chi connectivity index (χ1) is 10.1. The van der Waals surface area contributed by atoms with Gasteiger partial charge in [0.2, 0.25) is 5.91 Å². The van der Waals surface area contributed by atoms with Crippen LogP contribution in [0.5, 0.6) is 0 Å². The summed E-state index contributed by atoms with van der Waals surface area (Å²) in [5.74, 6) is 0.718. The number of piperidine rings is 1. The Morgan fingerprint density at radius 2 is 1.86 bits per heavy atom. The van der Waals surface area contributed by atoms with Crippen LogP contribution in [0.1, 0.15) is 39.5 Å². The quantitative estimate of drug-likeness (QED) is 0.350. The number of carbonyl (C=O) groups is 1. The fraction of sp³-hybridized carbons (Fsp3) is 0.867. The summed E-state index contributed by atoms with van der Waals surface area (Å²) in [7, 11) is 1.75. The fourth-order valence-electron chi connectivity index (χ4n) is 2.77. The molecule has 1 aliphatic heterocycles. The Balaban J connectivity index is 0.00000242. The highest BCUT2D eigenvalue weighted by Gasteiger charge is 2.31. The number of aliphatic imine (C=N–C) groups is 1. The summed E-state index contributed by atoms with van der Waals surface area (Å²) in [6.07, 6.45) is 5.06. The van der Waals surface area contributed by atoms with Gasteiger partial charge in [0.05, 0.1) is 6.54 Å². The monoisotopic (exact) mass is 423 g/mol. The van der Waals surface area contributed by atoms with Gasteiger partial charge in [-0.1, -0.05) is 0 Å². The van der Waals surface area contributed by atoms with Gasteiger partial charge in [0.15, 0.2) is 5.96 Å². The van der Waals surface area contributed by atoms with Crippen LogP contribution in [-0.4, -0.2) is 61.6 Å². The molecule has 0 atom stereocenters. The van der Waals surface area contributed by atoms with Crippen molar-refractivity contribution in [2.45, 2.75) is 57.7 Å². The van der Waals surface area contributed by atoms with Crippen LogP contribution in [-0.2, 0) is 4.79 Å². The number of nitrogens with one attached hydrogen (secondary N) is 3. The summed E-state index contributed by atoms with van der Waals surface area (Å²) < 4.78 is 0. The summed E-state index contributed by atoms with van der Waals surface area (Å²) in [4.78, 5) is 18.4. The SMILES string of the molecule is CN=C(NCC(=O)NC(C)C)NC1CCN(C2CC2)CC1.I. The predicted molar refractivity (Wildman–Crippen MR) is 101 cm³/mol. The second-order valence-electron chi connectivity index (χ2n) is 6.33. The third-order valence-corrected chi connectivity index (χ3v) is 4.02. The molecule has 2 rings (SSSR count). The Bertz CT molecular complexity index is 376. The van der Waals surface area contributed by atoms with Crippen molar-refractivity contribution >= 4 is 35.8 Å². The molecule has 0 spiro atoms. The van der Waals surface area contributed by atoms with Gasteiger partial charge in [0.1, 0.15) is 0 Å². The van der Waals surface area contributed by atoms with Gasteiger partial charge in [0, 0.05) is 38.3 Å². The van der Waals surface area contributed by atoms with Crippen molar-refractivity contribution in [2.24, 2.45) is 4.99 Å². The molecule has 0 aromatic rings. The molecule has 0 radical (unpaired) electrons. The molecular weight excluding hydrogens is 393 g/mol. The lowest BCUT2D eigenvalue weighted by molar-refractivity contribution is -0.120. The van der Waals surface area contributed by atoms with Crippen LogP contribution >= 0.6 is 24.0 Å². The number of carbonyl (C=O) groups excluding carboxylic acids is 1. The van der Waals surface area contributed by atoms with E-state index in [-0.39, 0.29) is 42.5 Å². The van der Waals surface area contributed by atoms with Gasteiger partial charge in [-0.15, -0.1) is 24.0 Å². The smallest absolute Gasteiger partial charge is 0.239 e. The number of guanidine groups is 1. The Hall–Kier alpha value is -0.570. The summed E-state index contributed by atoms with van der Waals surface area (Å²) in [6, 6.07) is 1.49. The van der Waals surface area contributed by atoms with Gasteiger partial charge in [0.25, 0.3) is 0 Å². The highest BCUT2D eigenvalue weighted by molar-refractivity contribution is 14.0. The number of nitrogens with zero attached hydrogens (tertiary/aromatic N) is 2. The van der Waals surface area contributed by atoms with E-state index in [4.69, 9.17) is 0 Å². The van der Waals surface area contributed by atoms with Gasteiger partial charge in [-0.05, 0) is 39.5 Å². The maximum atomic E-state index is 11.6. The number of halogens is 1. The van der Waals surface area contributed by atoms with Gasteiger partial charge >= 0.3 is 0 Å². The molecule has 0 unspecified atom stereocenters. The van der Waals surface area contributed by atoms with Crippen molar-refractivity contribution in [3.8, 4) is 0 Å². The van der Waals surface area contributed by atoms with E-state index in [0.717, 1.165) is 24.8 Å². The molecule has 2 fully saturated rings. The summed E-state index contributed by atoms with van der Waals surface area (Å²) in [5.41, 5.74) is 0. The molecule has 1 aliphatic carbocycles. The van der Waals surface area contributed by atoms with Crippen LogP contribution in [0, 0.1) is 0 Å². The van der Waals surface area contributed by atoms with E-state index >= 15 is 0 Å². The molecule has 22 heavy (non-hydrogen) atoms. The number of likely N-dealkylation sites (tertiary alicyclic amines) is 1. The van der Waals surface area contributed by atoms with Crippen LogP contribution in [0.25, 0.3) is 0 Å². The topological polar surface area (TPSA) is 68.8 Å². The van der Waals surface area contributed by atoms with Gasteiger partial charge < -0.3 is 20.9 Å². The molecule has 3 N–H and O–H groups in total. The Morgan fingerprint density at radius 3 is 2.36 bits per heavy atom. The van der Waals surface area contributed by atoms with Crippen LogP contribution in [0.15, 0.2) is 4.99 Å². The maximum absolute atomic E-state index is 11.6. The molecule has 1 amide bonds. The van der Waals surface area contributed by atoms with Crippen molar-refractivity contribution in [3.63, 3.8) is 0 Å². The maximum Gasteiger partial charge on any atom is 0.239 e. The molecule has 1 saturated heterocycles. The fourth-order valence-corrected chi connectivity index (χ4v) is 2.77. The Labute approximate surface area is 150 Å². The summed E-state index contributed by atoms with van der Waals surface area (Å²) in [6.45, 7) is 6.52. The molecule has 6 nitrogen and oxygen atoms in total. The normalized spacial score (nSPS) is 20.5. The molecule has 7 heteroatoms. The molecule has 2 aliphatic rings. The lowest BCUT2D eigenvalue weighted by atomic mass is 10.1. The zero-order valence-electron chi connectivity index (χ0n) is 13.9. The zero-order chi connectivity index (χ0) is 15.2. The van der Waals surface area contributed by atoms with Gasteiger partial charge in [-0.25, -0.2) is 0 Å². The standard InChI is InChI=1S/C15H29N5O.HI/c1-11(2)18-14(21)10-17-15(16-3)19-12-6-8-20(9-7-12)13-4-5-13;/h11-13H,4-10H2,1-3H3,(H,18,21)(H2,16,17,19);1H. The van der Waals surface area contributed by atoms with Crippen LogP contribution in [0.3, 0.4) is 0 Å². The van der Waals surface area contributed by atoms with E-state index in [1.807, 2.05) is 13.8 Å². The minimum Gasteiger partial charge on any atom is -0.354 e. The molecule has 128 valence electrons. The van der Waals surface area contributed by atoms with Crippen LogP contribution in [0.4, 0.5) is 0 Å². The number of hydrogen-bond acceptors (Lipinski definition) is 3. The molecule has 0 bridgehead atoms. The second kappa shape index (κ2) is 9.54. The third-order valence-electron chi connectivity index (χ3n) is 4.02. The average molecular weight is 423 g/mol. The van der Waals surface area contributed by atoms with Crippen LogP contribution < -0.4 is 16.0 Å². The van der Waals surface area contributed by atoms with E-state index < -0.39 is 0 Å². The van der Waals surface area contributed by atoms with Crippen molar-refractivity contribution in [3.05, 3.63) is 0 Å². The van der Waals surface area contributed by atoms with Gasteiger partial charge in [-0.2, -0.15) is 0 Å². The second-order valence-corrected chi connectivity index (χ2v) is 6.33. The van der Waals surface area contributed by atoms with Crippen molar-refractivity contribution in [2.75, 3.05) is 26.7 Å². The Morgan fingerprint density at radius 1 is 1.23 bits per heavy atom. The van der Waals surface area contributed by atoms with E-state index in [1.54, 1.807) is 7.05 Å². The molecule has 1 heterocycles. The Kier molecular flexibility index (Phi) is 8.45.